The Hall–Kier alpha value is -2.09. The number of nitrogens with zero attached hydrogens (tertiary/aromatic N) is 4. The van der Waals surface area contributed by atoms with Gasteiger partial charge in [0.15, 0.2) is 0 Å². The number of likely N-dealkylation sites (tertiary alicyclic amines) is 1. The summed E-state index contributed by atoms with van der Waals surface area (Å²) < 4.78 is 13.5. The number of pyridine rings is 1. The van der Waals surface area contributed by atoms with Crippen molar-refractivity contribution >= 4 is 21.8 Å². The van der Waals surface area contributed by atoms with Gasteiger partial charge in [0.2, 0.25) is 11.8 Å². The number of hydrogen-bond acceptors (Lipinski definition) is 5. The summed E-state index contributed by atoms with van der Waals surface area (Å²) in [5.41, 5.74) is 0.470. The van der Waals surface area contributed by atoms with Gasteiger partial charge in [-0.2, -0.15) is 0 Å². The summed E-state index contributed by atoms with van der Waals surface area (Å²) in [4.78, 5) is 18.5. The summed E-state index contributed by atoms with van der Waals surface area (Å²) in [6.45, 7) is 1.16. The fraction of sp³-hybridized carbons (Fsp3) is 0.400. The van der Waals surface area contributed by atoms with Gasteiger partial charge in [-0.1, -0.05) is 0 Å². The van der Waals surface area contributed by atoms with Crippen molar-refractivity contribution in [3.63, 3.8) is 0 Å². The number of methoxy groups -OCH3 is 1. The van der Waals surface area contributed by atoms with Gasteiger partial charge in [-0.15, -0.1) is 5.10 Å². The van der Waals surface area contributed by atoms with Crippen molar-refractivity contribution in [2.24, 2.45) is 7.05 Å². The molecule has 1 aliphatic rings. The van der Waals surface area contributed by atoms with Crippen LogP contribution in [0.25, 0.3) is 0 Å². The molecule has 8 heteroatoms. The summed E-state index contributed by atoms with van der Waals surface area (Å²) in [6.07, 6.45) is 4.07. The lowest BCUT2D eigenvalue weighted by Gasteiger charge is -2.16. The van der Waals surface area contributed by atoms with Crippen molar-refractivity contribution in [1.29, 1.82) is 0 Å². The molecule has 0 radical (unpaired) electrons. The normalized spacial score (nSPS) is 17.3. The minimum atomic E-state index is -0.0928. The van der Waals surface area contributed by atoms with Crippen LogP contribution in [-0.2, 0) is 7.05 Å². The number of halogens is 1. The van der Waals surface area contributed by atoms with Crippen molar-refractivity contribution in [2.75, 3.05) is 20.2 Å². The van der Waals surface area contributed by atoms with Gasteiger partial charge in [-0.25, -0.2) is 4.98 Å². The van der Waals surface area contributed by atoms with E-state index in [1.807, 2.05) is 6.07 Å². The number of rotatable bonds is 4. The molecule has 0 aromatic carbocycles. The molecule has 1 amide bonds. The van der Waals surface area contributed by atoms with E-state index in [0.717, 1.165) is 10.9 Å². The molecule has 3 heterocycles. The lowest BCUT2D eigenvalue weighted by molar-refractivity contribution is 0.0768. The Morgan fingerprint density at radius 2 is 2.26 bits per heavy atom. The molecule has 1 fully saturated rings. The topological polar surface area (TPSA) is 69.5 Å². The average molecular weight is 381 g/mol. The highest BCUT2D eigenvalue weighted by atomic mass is 79.9. The van der Waals surface area contributed by atoms with Gasteiger partial charge < -0.3 is 14.4 Å². The number of aryl methyl sites for hydroxylation is 1. The molecule has 23 heavy (non-hydrogen) atoms. The molecule has 2 aromatic heterocycles. The maximum atomic E-state index is 12.6. The van der Waals surface area contributed by atoms with E-state index < -0.39 is 0 Å². The van der Waals surface area contributed by atoms with Gasteiger partial charge >= 0.3 is 0 Å². The lowest BCUT2D eigenvalue weighted by Crippen LogP contribution is -2.31. The summed E-state index contributed by atoms with van der Waals surface area (Å²) in [5.74, 6) is 0.813. The molecule has 1 atom stereocenters. The molecule has 0 aliphatic carbocycles. The number of carbonyl (C=O) groups is 1. The second-order valence-electron chi connectivity index (χ2n) is 5.32. The largest absolute Gasteiger partial charge is 0.479 e. The first-order valence-electron chi connectivity index (χ1n) is 7.22. The molecule has 1 saturated heterocycles. The van der Waals surface area contributed by atoms with Crippen LogP contribution in [0.5, 0.6) is 11.8 Å². The highest BCUT2D eigenvalue weighted by Gasteiger charge is 2.31. The van der Waals surface area contributed by atoms with Gasteiger partial charge in [-0.05, 0) is 22.0 Å². The SMILES string of the molecule is COc1nn(C)cc1C(=O)N1CCC(Oc2ccc(Br)cn2)C1. The fourth-order valence-corrected chi connectivity index (χ4v) is 2.78. The van der Waals surface area contributed by atoms with Crippen LogP contribution in [0.15, 0.2) is 29.0 Å². The fourth-order valence-electron chi connectivity index (χ4n) is 2.55. The minimum Gasteiger partial charge on any atom is -0.479 e. The molecular formula is C15H17BrN4O3. The molecule has 0 spiro atoms. The van der Waals surface area contributed by atoms with E-state index in [0.29, 0.717) is 30.4 Å². The Labute approximate surface area is 142 Å². The number of aromatic nitrogens is 3. The summed E-state index contributed by atoms with van der Waals surface area (Å²) in [6, 6.07) is 3.68. The van der Waals surface area contributed by atoms with Crippen LogP contribution in [0.4, 0.5) is 0 Å². The third kappa shape index (κ3) is 3.47. The van der Waals surface area contributed by atoms with Crippen molar-refractivity contribution in [3.8, 4) is 11.8 Å². The summed E-state index contributed by atoms with van der Waals surface area (Å²) in [5, 5.41) is 4.12. The molecule has 0 bridgehead atoms. The molecule has 1 unspecified atom stereocenters. The first-order valence-corrected chi connectivity index (χ1v) is 8.01. The van der Waals surface area contributed by atoms with Gasteiger partial charge in [0.1, 0.15) is 11.7 Å². The highest BCUT2D eigenvalue weighted by Crippen LogP contribution is 2.22. The van der Waals surface area contributed by atoms with Crippen molar-refractivity contribution in [1.82, 2.24) is 19.7 Å². The first kappa shape index (κ1) is 15.8. The smallest absolute Gasteiger partial charge is 0.261 e. The third-order valence-electron chi connectivity index (χ3n) is 3.64. The minimum absolute atomic E-state index is 0.0599. The summed E-state index contributed by atoms with van der Waals surface area (Å²) in [7, 11) is 3.27. The molecule has 1 aliphatic heterocycles. The molecule has 2 aromatic rings. The Kier molecular flexibility index (Phi) is 4.51. The molecule has 122 valence electrons. The quantitative estimate of drug-likeness (QED) is 0.809. The van der Waals surface area contributed by atoms with E-state index in [9.17, 15) is 4.79 Å². The van der Waals surface area contributed by atoms with Crippen molar-refractivity contribution in [2.45, 2.75) is 12.5 Å². The maximum Gasteiger partial charge on any atom is 0.261 e. The van der Waals surface area contributed by atoms with Gasteiger partial charge in [-0.3, -0.25) is 9.48 Å². The Balaban J connectivity index is 1.64. The third-order valence-corrected chi connectivity index (χ3v) is 4.11. The monoisotopic (exact) mass is 380 g/mol. The number of ether oxygens (including phenoxy) is 2. The maximum absolute atomic E-state index is 12.6. The molecule has 7 nitrogen and oxygen atoms in total. The number of carbonyl (C=O) groups excluding carboxylic acids is 1. The highest BCUT2D eigenvalue weighted by molar-refractivity contribution is 9.10. The second kappa shape index (κ2) is 6.57. The van der Waals surface area contributed by atoms with Crippen LogP contribution in [0.1, 0.15) is 16.8 Å². The lowest BCUT2D eigenvalue weighted by atomic mass is 10.3. The van der Waals surface area contributed by atoms with E-state index in [4.69, 9.17) is 9.47 Å². The number of hydrogen-bond donors (Lipinski definition) is 0. The van der Waals surface area contributed by atoms with Crippen molar-refractivity contribution in [3.05, 3.63) is 34.6 Å². The Bertz CT molecular complexity index is 701. The van der Waals surface area contributed by atoms with Crippen LogP contribution in [0.3, 0.4) is 0 Å². The predicted molar refractivity (Wildman–Crippen MR) is 86.6 cm³/mol. The van der Waals surface area contributed by atoms with E-state index >= 15 is 0 Å². The zero-order chi connectivity index (χ0) is 16.4. The van der Waals surface area contributed by atoms with Crippen LogP contribution in [0, 0.1) is 0 Å². The van der Waals surface area contributed by atoms with E-state index in [2.05, 4.69) is 26.0 Å². The second-order valence-corrected chi connectivity index (χ2v) is 6.24. The van der Waals surface area contributed by atoms with E-state index in [1.165, 1.54) is 7.11 Å². The van der Waals surface area contributed by atoms with Crippen molar-refractivity contribution < 1.29 is 14.3 Å². The molecular weight excluding hydrogens is 364 g/mol. The summed E-state index contributed by atoms with van der Waals surface area (Å²) >= 11 is 3.34. The zero-order valence-electron chi connectivity index (χ0n) is 12.9. The average Bonchev–Trinajstić information content (AvgIpc) is 3.15. The first-order chi connectivity index (χ1) is 11.1. The van der Waals surface area contributed by atoms with Gasteiger partial charge in [0.25, 0.3) is 5.91 Å². The Morgan fingerprint density at radius 1 is 1.43 bits per heavy atom. The van der Waals surface area contributed by atoms with Crippen LogP contribution in [-0.4, -0.2) is 51.9 Å². The van der Waals surface area contributed by atoms with Crippen LogP contribution < -0.4 is 9.47 Å². The Morgan fingerprint density at radius 3 is 2.96 bits per heavy atom. The molecule has 3 rings (SSSR count). The van der Waals surface area contributed by atoms with Crippen LogP contribution in [0.2, 0.25) is 0 Å². The molecule has 0 saturated carbocycles. The standard InChI is InChI=1S/C15H17BrN4O3/c1-19-9-12(14(18-19)22-2)15(21)20-6-5-11(8-20)23-13-4-3-10(16)7-17-13/h3-4,7,9,11H,5-6,8H2,1-2H3. The van der Waals surface area contributed by atoms with Crippen LogP contribution >= 0.6 is 15.9 Å². The molecule has 0 N–H and O–H groups in total. The zero-order valence-corrected chi connectivity index (χ0v) is 14.5. The van der Waals surface area contributed by atoms with E-state index in [-0.39, 0.29) is 12.0 Å². The van der Waals surface area contributed by atoms with Gasteiger partial charge in [0, 0.05) is 42.9 Å². The van der Waals surface area contributed by atoms with E-state index in [1.54, 1.807) is 35.1 Å². The number of amides is 1. The van der Waals surface area contributed by atoms with Gasteiger partial charge in [0.05, 0.1) is 13.7 Å². The predicted octanol–water partition coefficient (Wildman–Crippen LogP) is 1.88.